The molecule has 0 atom stereocenters. The van der Waals surface area contributed by atoms with Crippen LogP contribution in [0.15, 0.2) is 48.2 Å². The summed E-state index contributed by atoms with van der Waals surface area (Å²) in [4.78, 5) is 24.5. The van der Waals surface area contributed by atoms with Crippen molar-refractivity contribution in [2.75, 3.05) is 6.61 Å². The Kier molecular flexibility index (Phi) is 6.06. The van der Waals surface area contributed by atoms with Crippen LogP contribution in [0, 0.1) is 36.0 Å². The van der Waals surface area contributed by atoms with E-state index in [0.717, 1.165) is 11.1 Å². The van der Waals surface area contributed by atoms with Crippen molar-refractivity contribution in [2.45, 2.75) is 6.92 Å². The normalized spacial score (nSPS) is 13.6. The van der Waals surface area contributed by atoms with Gasteiger partial charge < -0.3 is 14.2 Å². The molecule has 1 aliphatic heterocycles. The zero-order valence-electron chi connectivity index (χ0n) is 17.3. The molecule has 0 amide bonds. The van der Waals surface area contributed by atoms with Crippen molar-refractivity contribution in [3.8, 4) is 17.2 Å². The number of fused-ring (bicyclic) bond motifs is 1. The summed E-state index contributed by atoms with van der Waals surface area (Å²) in [5.41, 5.74) is 1.92. The summed E-state index contributed by atoms with van der Waals surface area (Å²) in [6, 6.07) is 11.2. The van der Waals surface area contributed by atoms with Crippen molar-refractivity contribution < 1.29 is 45.8 Å². The molecule has 0 radical (unpaired) electrons. The molecule has 4 rings (SSSR count). The highest BCUT2D eigenvalue weighted by atomic mass is 19.2. The molecular formula is C24H13F5O5. The summed E-state index contributed by atoms with van der Waals surface area (Å²) in [6.45, 7) is 0.707. The summed E-state index contributed by atoms with van der Waals surface area (Å²) < 4.78 is 81.8. The van der Waals surface area contributed by atoms with Crippen LogP contribution in [0.25, 0.3) is 6.08 Å². The van der Waals surface area contributed by atoms with Gasteiger partial charge in [-0.25, -0.2) is 18.0 Å². The quantitative estimate of drug-likeness (QED) is 0.125. The van der Waals surface area contributed by atoms with Gasteiger partial charge in [0, 0.05) is 6.07 Å². The number of benzene rings is 3. The fraction of sp³-hybridized carbons (Fsp3) is 0.0833. The molecule has 10 heteroatoms. The molecule has 0 aliphatic carbocycles. The van der Waals surface area contributed by atoms with Gasteiger partial charge in [0.25, 0.3) is 0 Å². The third-order valence-electron chi connectivity index (χ3n) is 4.85. The maximum absolute atomic E-state index is 13.6. The van der Waals surface area contributed by atoms with E-state index in [9.17, 15) is 31.5 Å². The van der Waals surface area contributed by atoms with Gasteiger partial charge in [0.2, 0.25) is 34.9 Å². The van der Waals surface area contributed by atoms with Crippen molar-refractivity contribution >= 4 is 17.8 Å². The molecule has 0 fully saturated rings. The number of hydrogen-bond donors (Lipinski definition) is 0. The van der Waals surface area contributed by atoms with E-state index in [0.29, 0.717) is 0 Å². The highest BCUT2D eigenvalue weighted by Gasteiger charge is 2.29. The van der Waals surface area contributed by atoms with Gasteiger partial charge in [0.15, 0.2) is 18.1 Å². The van der Waals surface area contributed by atoms with Gasteiger partial charge in [-0.3, -0.25) is 4.79 Å². The minimum absolute atomic E-state index is 0.0578. The summed E-state index contributed by atoms with van der Waals surface area (Å²) in [7, 11) is 0. The first kappa shape index (κ1) is 23.0. The number of hydrogen-bond acceptors (Lipinski definition) is 5. The highest BCUT2D eigenvalue weighted by Crippen LogP contribution is 2.35. The molecule has 3 aromatic carbocycles. The third kappa shape index (κ3) is 4.21. The fourth-order valence-electron chi connectivity index (χ4n) is 3.12. The van der Waals surface area contributed by atoms with Crippen LogP contribution in [-0.4, -0.2) is 18.4 Å². The Bertz CT molecular complexity index is 1340. The molecule has 0 aromatic heterocycles. The molecule has 0 saturated carbocycles. The van der Waals surface area contributed by atoms with E-state index in [1.807, 2.05) is 19.1 Å². The van der Waals surface area contributed by atoms with E-state index >= 15 is 0 Å². The van der Waals surface area contributed by atoms with Crippen LogP contribution in [0.3, 0.4) is 0 Å². The second kappa shape index (κ2) is 8.97. The van der Waals surface area contributed by atoms with Crippen LogP contribution >= 0.6 is 0 Å². The highest BCUT2D eigenvalue weighted by molar-refractivity contribution is 6.14. The topological polar surface area (TPSA) is 61.8 Å². The van der Waals surface area contributed by atoms with Crippen LogP contribution < -0.4 is 14.2 Å². The van der Waals surface area contributed by atoms with Crippen LogP contribution in [0.1, 0.15) is 21.5 Å². The average Bonchev–Trinajstić information content (AvgIpc) is 3.12. The lowest BCUT2D eigenvalue weighted by atomic mass is 10.1. The van der Waals surface area contributed by atoms with E-state index < -0.39 is 47.4 Å². The number of ether oxygens (including phenoxy) is 3. The first-order valence-electron chi connectivity index (χ1n) is 9.66. The Morgan fingerprint density at radius 2 is 1.59 bits per heavy atom. The van der Waals surface area contributed by atoms with Gasteiger partial charge >= 0.3 is 5.97 Å². The Hall–Kier alpha value is -4.21. The van der Waals surface area contributed by atoms with Gasteiger partial charge in [0.05, 0.1) is 5.56 Å². The zero-order chi connectivity index (χ0) is 24.6. The molecule has 0 spiro atoms. The monoisotopic (exact) mass is 476 g/mol. The number of halogens is 5. The van der Waals surface area contributed by atoms with Crippen LogP contribution in [0.4, 0.5) is 22.0 Å². The second-order valence-corrected chi connectivity index (χ2v) is 7.12. The van der Waals surface area contributed by atoms with Crippen LogP contribution in [-0.2, 0) is 4.79 Å². The molecule has 5 nitrogen and oxygen atoms in total. The number of carbonyl (C=O) groups excluding carboxylic acids is 2. The predicted molar refractivity (Wildman–Crippen MR) is 108 cm³/mol. The Morgan fingerprint density at radius 3 is 2.26 bits per heavy atom. The van der Waals surface area contributed by atoms with E-state index in [2.05, 4.69) is 4.74 Å². The number of rotatable bonds is 5. The average molecular weight is 476 g/mol. The SMILES string of the molecule is Cc1ccccc1/C=C1\Oc2cc(OC(=O)COc3c(F)c(F)c(F)c(F)c3F)ccc2C1=O. The Balaban J connectivity index is 1.46. The number of ketones is 1. The number of allylic oxidation sites excluding steroid dienone is 1. The molecule has 0 N–H and O–H groups in total. The minimum Gasteiger partial charge on any atom is -0.476 e. The molecule has 34 heavy (non-hydrogen) atoms. The largest absolute Gasteiger partial charge is 0.476 e. The summed E-state index contributed by atoms with van der Waals surface area (Å²) in [5, 5.41) is 0. The maximum Gasteiger partial charge on any atom is 0.349 e. The lowest BCUT2D eigenvalue weighted by molar-refractivity contribution is -0.136. The van der Waals surface area contributed by atoms with Crippen LogP contribution in [0.2, 0.25) is 0 Å². The fourth-order valence-corrected chi connectivity index (χ4v) is 3.12. The molecule has 3 aromatic rings. The Labute approximate surface area is 189 Å². The lowest BCUT2D eigenvalue weighted by Gasteiger charge is -2.10. The zero-order valence-corrected chi connectivity index (χ0v) is 17.3. The number of aryl methyl sites for hydroxylation is 1. The summed E-state index contributed by atoms with van der Waals surface area (Å²) in [6.07, 6.45) is 1.57. The van der Waals surface area contributed by atoms with Gasteiger partial charge in [-0.15, -0.1) is 0 Å². The van der Waals surface area contributed by atoms with Crippen molar-refractivity contribution in [1.82, 2.24) is 0 Å². The van der Waals surface area contributed by atoms with E-state index in [1.54, 1.807) is 18.2 Å². The number of esters is 1. The molecule has 1 heterocycles. The first-order chi connectivity index (χ1) is 16.2. The van der Waals surface area contributed by atoms with Gasteiger partial charge in [-0.1, -0.05) is 24.3 Å². The standard InChI is InChI=1S/C24H13F5O5/c1-11-4-2-3-5-12(11)8-16-23(31)14-7-6-13(9-15(14)34-16)33-17(30)10-32-24-21(28)19(26)18(25)20(27)22(24)29/h2-9H,10H2,1H3/b16-8-. The molecule has 0 unspecified atom stereocenters. The van der Waals surface area contributed by atoms with Crippen molar-refractivity contribution in [3.63, 3.8) is 0 Å². The Morgan fingerprint density at radius 1 is 0.941 bits per heavy atom. The first-order valence-corrected chi connectivity index (χ1v) is 9.66. The van der Waals surface area contributed by atoms with E-state index in [4.69, 9.17) is 9.47 Å². The number of carbonyl (C=O) groups is 2. The van der Waals surface area contributed by atoms with Crippen molar-refractivity contribution in [2.24, 2.45) is 0 Å². The predicted octanol–water partition coefficient (Wildman–Crippen LogP) is 5.29. The van der Waals surface area contributed by atoms with E-state index in [-0.39, 0.29) is 28.6 Å². The van der Waals surface area contributed by atoms with Gasteiger partial charge in [-0.05, 0) is 36.3 Å². The summed E-state index contributed by atoms with van der Waals surface area (Å²) >= 11 is 0. The molecular weight excluding hydrogens is 463 g/mol. The molecule has 1 aliphatic rings. The molecule has 0 saturated heterocycles. The summed E-state index contributed by atoms with van der Waals surface area (Å²) in [5.74, 6) is -14.4. The van der Waals surface area contributed by atoms with E-state index in [1.165, 1.54) is 18.2 Å². The number of Topliss-reactive ketones (excluding diaryl/α,β-unsaturated/α-hetero) is 1. The second-order valence-electron chi connectivity index (χ2n) is 7.12. The minimum atomic E-state index is -2.35. The van der Waals surface area contributed by atoms with Crippen LogP contribution in [0.5, 0.6) is 17.2 Å². The molecule has 174 valence electrons. The third-order valence-corrected chi connectivity index (χ3v) is 4.85. The maximum atomic E-state index is 13.6. The smallest absolute Gasteiger partial charge is 0.349 e. The van der Waals surface area contributed by atoms with Gasteiger partial charge in [0.1, 0.15) is 11.5 Å². The van der Waals surface area contributed by atoms with Gasteiger partial charge in [-0.2, -0.15) is 8.78 Å². The van der Waals surface area contributed by atoms with Crippen molar-refractivity contribution in [3.05, 3.63) is 94.0 Å². The lowest BCUT2D eigenvalue weighted by Crippen LogP contribution is -2.19. The van der Waals surface area contributed by atoms with Crippen molar-refractivity contribution in [1.29, 1.82) is 0 Å². The molecule has 0 bridgehead atoms.